The third-order valence-corrected chi connectivity index (χ3v) is 2.08. The van der Waals surface area contributed by atoms with Crippen LogP contribution in [0.3, 0.4) is 0 Å². The van der Waals surface area contributed by atoms with Crippen LogP contribution >= 0.6 is 0 Å². The first-order valence-electron chi connectivity index (χ1n) is 4.45. The standard InChI is InChI=1S/C10H9NO6/c1-16-9-4-7(10(13)17-2)6(5-12)3-8(9)11(14)15/h3-5H,1-2H3. The molecule has 0 aliphatic rings. The number of nitro groups is 1. The van der Waals surface area contributed by atoms with E-state index in [-0.39, 0.29) is 22.6 Å². The van der Waals surface area contributed by atoms with E-state index in [2.05, 4.69) is 4.74 Å². The molecular weight excluding hydrogens is 230 g/mol. The van der Waals surface area contributed by atoms with Crippen molar-refractivity contribution in [3.8, 4) is 5.75 Å². The zero-order valence-corrected chi connectivity index (χ0v) is 9.13. The zero-order valence-electron chi connectivity index (χ0n) is 9.13. The molecule has 0 N–H and O–H groups in total. The summed E-state index contributed by atoms with van der Waals surface area (Å²) in [5.41, 5.74) is -0.587. The first-order chi connectivity index (χ1) is 8.04. The lowest BCUT2D eigenvalue weighted by Crippen LogP contribution is -2.07. The van der Waals surface area contributed by atoms with Gasteiger partial charge in [-0.3, -0.25) is 14.9 Å². The van der Waals surface area contributed by atoms with Crippen LogP contribution in [0.1, 0.15) is 20.7 Å². The average molecular weight is 239 g/mol. The molecule has 0 fully saturated rings. The first kappa shape index (κ1) is 12.6. The lowest BCUT2D eigenvalue weighted by atomic mass is 10.1. The Labute approximate surface area is 96.1 Å². The van der Waals surface area contributed by atoms with Gasteiger partial charge < -0.3 is 9.47 Å². The summed E-state index contributed by atoms with van der Waals surface area (Å²) >= 11 is 0. The Hall–Kier alpha value is -2.44. The molecule has 7 heteroatoms. The lowest BCUT2D eigenvalue weighted by Gasteiger charge is -2.06. The van der Waals surface area contributed by atoms with Crippen LogP contribution in [0.25, 0.3) is 0 Å². The highest BCUT2D eigenvalue weighted by Gasteiger charge is 2.22. The Morgan fingerprint density at radius 1 is 1.41 bits per heavy atom. The van der Waals surface area contributed by atoms with E-state index in [9.17, 15) is 19.7 Å². The summed E-state index contributed by atoms with van der Waals surface area (Å²) in [6.07, 6.45) is 0.346. The molecule has 0 spiro atoms. The maximum Gasteiger partial charge on any atom is 0.338 e. The van der Waals surface area contributed by atoms with Crippen molar-refractivity contribution in [3.05, 3.63) is 33.4 Å². The highest BCUT2D eigenvalue weighted by molar-refractivity contribution is 5.99. The van der Waals surface area contributed by atoms with Crippen molar-refractivity contribution in [3.63, 3.8) is 0 Å². The number of benzene rings is 1. The van der Waals surface area contributed by atoms with Gasteiger partial charge in [-0.2, -0.15) is 0 Å². The normalized spacial score (nSPS) is 9.53. The smallest absolute Gasteiger partial charge is 0.338 e. The third kappa shape index (κ3) is 2.39. The molecule has 0 bridgehead atoms. The summed E-state index contributed by atoms with van der Waals surface area (Å²) in [5.74, 6) is -0.874. The van der Waals surface area contributed by atoms with Crippen molar-refractivity contribution in [2.24, 2.45) is 0 Å². The fourth-order valence-electron chi connectivity index (χ4n) is 1.27. The Morgan fingerprint density at radius 2 is 2.06 bits per heavy atom. The highest BCUT2D eigenvalue weighted by Crippen LogP contribution is 2.30. The predicted octanol–water partition coefficient (Wildman–Crippen LogP) is 1.20. The molecule has 1 aromatic rings. The zero-order chi connectivity index (χ0) is 13.0. The minimum Gasteiger partial charge on any atom is -0.490 e. The number of carbonyl (C=O) groups is 2. The van der Waals surface area contributed by atoms with Gasteiger partial charge in [-0.15, -0.1) is 0 Å². The van der Waals surface area contributed by atoms with Crippen LogP contribution in [-0.4, -0.2) is 31.4 Å². The van der Waals surface area contributed by atoms with Crippen molar-refractivity contribution in [1.29, 1.82) is 0 Å². The van der Waals surface area contributed by atoms with E-state index in [0.29, 0.717) is 6.29 Å². The largest absolute Gasteiger partial charge is 0.490 e. The predicted molar refractivity (Wildman–Crippen MR) is 56.4 cm³/mol. The third-order valence-electron chi connectivity index (χ3n) is 2.08. The number of rotatable bonds is 4. The summed E-state index contributed by atoms with van der Waals surface area (Å²) in [6, 6.07) is 2.08. The van der Waals surface area contributed by atoms with E-state index >= 15 is 0 Å². The van der Waals surface area contributed by atoms with Gasteiger partial charge in [0.1, 0.15) is 0 Å². The van der Waals surface area contributed by atoms with Crippen LogP contribution < -0.4 is 4.74 Å². The first-order valence-corrected chi connectivity index (χ1v) is 4.45. The van der Waals surface area contributed by atoms with E-state index in [1.807, 2.05) is 0 Å². The van der Waals surface area contributed by atoms with Gasteiger partial charge in [0, 0.05) is 17.7 Å². The summed E-state index contributed by atoms with van der Waals surface area (Å²) < 4.78 is 9.23. The molecule has 1 rings (SSSR count). The summed E-state index contributed by atoms with van der Waals surface area (Å²) in [7, 11) is 2.37. The number of methoxy groups -OCH3 is 2. The number of nitro benzene ring substituents is 1. The van der Waals surface area contributed by atoms with Gasteiger partial charge in [-0.1, -0.05) is 0 Å². The lowest BCUT2D eigenvalue weighted by molar-refractivity contribution is -0.385. The van der Waals surface area contributed by atoms with Crippen molar-refractivity contribution in [2.75, 3.05) is 14.2 Å². The van der Waals surface area contributed by atoms with Gasteiger partial charge >= 0.3 is 11.7 Å². The Balaban J connectivity index is 3.48. The second kappa shape index (κ2) is 5.06. The molecule has 0 heterocycles. The fraction of sp³-hybridized carbons (Fsp3) is 0.200. The molecule has 0 unspecified atom stereocenters. The molecule has 0 saturated carbocycles. The monoisotopic (exact) mass is 239 g/mol. The van der Waals surface area contributed by atoms with Gasteiger partial charge in [0.2, 0.25) is 0 Å². The van der Waals surface area contributed by atoms with Crippen molar-refractivity contribution < 1.29 is 24.0 Å². The van der Waals surface area contributed by atoms with Crippen LogP contribution in [-0.2, 0) is 4.74 Å². The molecule has 0 aromatic heterocycles. The van der Waals surface area contributed by atoms with Gasteiger partial charge in [0.05, 0.1) is 24.7 Å². The van der Waals surface area contributed by atoms with Crippen LogP contribution in [0.15, 0.2) is 12.1 Å². The second-order valence-electron chi connectivity index (χ2n) is 2.98. The van der Waals surface area contributed by atoms with Crippen LogP contribution in [0, 0.1) is 10.1 Å². The molecular formula is C10H9NO6. The molecule has 0 aliphatic carbocycles. The van der Waals surface area contributed by atoms with Gasteiger partial charge in [0.15, 0.2) is 12.0 Å². The number of carbonyl (C=O) groups excluding carboxylic acids is 2. The van der Waals surface area contributed by atoms with Crippen molar-refractivity contribution >= 4 is 17.9 Å². The number of hydrogen-bond acceptors (Lipinski definition) is 6. The molecule has 0 aliphatic heterocycles. The number of aldehydes is 1. The molecule has 17 heavy (non-hydrogen) atoms. The number of hydrogen-bond donors (Lipinski definition) is 0. The van der Waals surface area contributed by atoms with E-state index in [0.717, 1.165) is 19.2 Å². The van der Waals surface area contributed by atoms with Crippen LogP contribution in [0.4, 0.5) is 5.69 Å². The minimum atomic E-state index is -0.764. The Kier molecular flexibility index (Phi) is 3.76. The highest BCUT2D eigenvalue weighted by atomic mass is 16.6. The van der Waals surface area contributed by atoms with Gasteiger partial charge in [-0.05, 0) is 0 Å². The van der Waals surface area contributed by atoms with Crippen LogP contribution in [0.2, 0.25) is 0 Å². The molecule has 0 radical (unpaired) electrons. The molecule has 0 saturated heterocycles. The molecule has 90 valence electrons. The Bertz CT molecular complexity index is 482. The van der Waals surface area contributed by atoms with Crippen LogP contribution in [0.5, 0.6) is 5.75 Å². The quantitative estimate of drug-likeness (QED) is 0.339. The maximum absolute atomic E-state index is 11.3. The molecule has 7 nitrogen and oxygen atoms in total. The van der Waals surface area contributed by atoms with Gasteiger partial charge in [-0.25, -0.2) is 4.79 Å². The fourth-order valence-corrected chi connectivity index (χ4v) is 1.27. The van der Waals surface area contributed by atoms with Crippen molar-refractivity contribution in [1.82, 2.24) is 0 Å². The average Bonchev–Trinajstić information content (AvgIpc) is 2.35. The number of esters is 1. The second-order valence-corrected chi connectivity index (χ2v) is 2.98. The minimum absolute atomic E-state index is 0.0787. The number of nitrogens with zero attached hydrogens (tertiary/aromatic N) is 1. The Morgan fingerprint density at radius 3 is 2.47 bits per heavy atom. The molecule has 0 amide bonds. The SMILES string of the molecule is COC(=O)c1cc(OC)c([N+](=O)[O-])cc1C=O. The van der Waals surface area contributed by atoms with Crippen molar-refractivity contribution in [2.45, 2.75) is 0 Å². The van der Waals surface area contributed by atoms with Gasteiger partial charge in [0.25, 0.3) is 0 Å². The molecule has 1 aromatic carbocycles. The van der Waals surface area contributed by atoms with E-state index < -0.39 is 10.9 Å². The van der Waals surface area contributed by atoms with E-state index in [1.165, 1.54) is 7.11 Å². The van der Waals surface area contributed by atoms with E-state index in [1.54, 1.807) is 0 Å². The maximum atomic E-state index is 11.3. The molecule has 0 atom stereocenters. The summed E-state index contributed by atoms with van der Waals surface area (Å²) in [6.45, 7) is 0. The summed E-state index contributed by atoms with van der Waals surface area (Å²) in [4.78, 5) is 32.1. The topological polar surface area (TPSA) is 95.7 Å². The summed E-state index contributed by atoms with van der Waals surface area (Å²) in [5, 5.41) is 10.7. The number of ether oxygens (including phenoxy) is 2. The van der Waals surface area contributed by atoms with E-state index in [4.69, 9.17) is 4.74 Å².